The predicted octanol–water partition coefficient (Wildman–Crippen LogP) is 3.45. The molecule has 0 aliphatic carbocycles. The van der Waals surface area contributed by atoms with Crippen molar-refractivity contribution in [1.82, 2.24) is 9.13 Å². The highest BCUT2D eigenvalue weighted by molar-refractivity contribution is 14.1. The molecule has 196 valence electrons. The number of aryl methyl sites for hydroxylation is 1. The summed E-state index contributed by atoms with van der Waals surface area (Å²) in [6, 6.07) is 7.75. The lowest BCUT2D eigenvalue weighted by Gasteiger charge is -2.18. The fraction of sp³-hybridized carbons (Fsp3) is 0.458. The van der Waals surface area contributed by atoms with Crippen molar-refractivity contribution in [3.05, 3.63) is 54.2 Å². The summed E-state index contributed by atoms with van der Waals surface area (Å²) in [5.41, 5.74) is 5.52. The third-order valence-electron chi connectivity index (χ3n) is 5.25. The van der Waals surface area contributed by atoms with E-state index in [0.29, 0.717) is 19.3 Å². The molecule has 12 heteroatoms. The predicted molar refractivity (Wildman–Crippen MR) is 149 cm³/mol. The zero-order chi connectivity index (χ0) is 26.7. The van der Waals surface area contributed by atoms with Crippen LogP contribution in [0.3, 0.4) is 0 Å². The topological polar surface area (TPSA) is 135 Å². The third-order valence-corrected chi connectivity index (χ3v) is 8.14. The van der Waals surface area contributed by atoms with Gasteiger partial charge in [0.1, 0.15) is 11.5 Å². The van der Waals surface area contributed by atoms with Gasteiger partial charge in [0, 0.05) is 16.5 Å². The molecule has 2 aromatic rings. The Kier molecular flexibility index (Phi) is 11.9. The number of nitrogens with two attached hydrogens (primary N) is 1. The van der Waals surface area contributed by atoms with Gasteiger partial charge >= 0.3 is 13.3 Å². The summed E-state index contributed by atoms with van der Waals surface area (Å²) in [5.74, 6) is 1.72. The number of nitrogens with zero attached hydrogens (tertiary/aromatic N) is 2. The fourth-order valence-corrected chi connectivity index (χ4v) is 5.62. The van der Waals surface area contributed by atoms with E-state index in [1.54, 1.807) is 13.8 Å². The summed E-state index contributed by atoms with van der Waals surface area (Å²) in [6.07, 6.45) is 6.95. The number of unbranched alkanes of at least 4 members (excludes halogenated alkanes) is 1. The number of amides is 1. The van der Waals surface area contributed by atoms with Gasteiger partial charge in [0.05, 0.1) is 25.9 Å². The summed E-state index contributed by atoms with van der Waals surface area (Å²) < 4.78 is 26.4. The average Bonchev–Trinajstić information content (AvgIpc) is 2.84. The highest BCUT2D eigenvalue weighted by Crippen LogP contribution is 2.48. The quantitative estimate of drug-likeness (QED) is 0.141. The molecule has 0 atom stereocenters. The number of nitrogen functional groups attached to an aromatic ring is 1. The Balaban J connectivity index is 2.19. The Labute approximate surface area is 224 Å². The van der Waals surface area contributed by atoms with Crippen molar-refractivity contribution in [2.24, 2.45) is 0 Å². The lowest BCUT2D eigenvalue weighted by molar-refractivity contribution is -0.116. The maximum absolute atomic E-state index is 12.9. The van der Waals surface area contributed by atoms with Crippen molar-refractivity contribution >= 4 is 47.6 Å². The van der Waals surface area contributed by atoms with Gasteiger partial charge < -0.3 is 20.1 Å². The number of nitrogens with one attached hydrogen (secondary N) is 1. The van der Waals surface area contributed by atoms with E-state index in [2.05, 4.69) is 33.8 Å². The highest BCUT2D eigenvalue weighted by atomic mass is 127. The molecule has 0 fully saturated rings. The largest absolute Gasteiger partial charge is 0.383 e. The zero-order valence-corrected chi connectivity index (χ0v) is 23.5. The molecule has 2 rings (SSSR count). The molecule has 0 aliphatic rings. The van der Waals surface area contributed by atoms with Crippen LogP contribution in [-0.4, -0.2) is 34.4 Å². The molecule has 1 aromatic carbocycles. The fourth-order valence-electron chi connectivity index (χ4n) is 3.53. The van der Waals surface area contributed by atoms with Gasteiger partial charge in [-0.3, -0.25) is 18.7 Å². The Hall–Kier alpha value is -2.39. The summed E-state index contributed by atoms with van der Waals surface area (Å²) in [7, 11) is -3.21. The highest BCUT2D eigenvalue weighted by Gasteiger charge is 2.23. The number of rotatable bonds is 14. The molecule has 1 heterocycles. The van der Waals surface area contributed by atoms with Crippen LogP contribution in [0.15, 0.2) is 33.9 Å². The third kappa shape index (κ3) is 8.34. The van der Waals surface area contributed by atoms with Crippen molar-refractivity contribution in [2.45, 2.75) is 52.6 Å². The maximum atomic E-state index is 12.9. The van der Waals surface area contributed by atoms with Gasteiger partial charge in [-0.25, -0.2) is 9.36 Å². The maximum Gasteiger partial charge on any atom is 0.333 e. The molecule has 36 heavy (non-hydrogen) atoms. The van der Waals surface area contributed by atoms with Gasteiger partial charge in [-0.15, -0.1) is 6.42 Å². The summed E-state index contributed by atoms with van der Waals surface area (Å²) >= 11 is 2.20. The lowest BCUT2D eigenvalue weighted by Crippen LogP contribution is -2.42. The number of halogens is 1. The van der Waals surface area contributed by atoms with Crippen LogP contribution in [0.2, 0.25) is 0 Å². The van der Waals surface area contributed by atoms with E-state index in [1.165, 1.54) is 4.57 Å². The van der Waals surface area contributed by atoms with Crippen LogP contribution < -0.4 is 22.3 Å². The number of aromatic nitrogens is 2. The van der Waals surface area contributed by atoms with E-state index in [-0.39, 0.29) is 50.4 Å². The number of anilines is 2. The standard InChI is InChI=1S/C24H32IN4O6P/c1-4-15-29-23(31)21(27-20(30)14-11-18-9-12-19(25)13-10-18)22(26)28(24(29)32)16-7-8-17-36(33,34-5-2)35-6-3/h1,9-10,12-13H,5-8,11,14-17,26H2,2-3H3,(H,27,30). The molecule has 0 bridgehead atoms. The van der Waals surface area contributed by atoms with Crippen LogP contribution in [0.4, 0.5) is 11.5 Å². The van der Waals surface area contributed by atoms with Crippen molar-refractivity contribution in [1.29, 1.82) is 0 Å². The van der Waals surface area contributed by atoms with Gasteiger partial charge in [-0.2, -0.15) is 0 Å². The molecule has 0 radical (unpaired) electrons. The molecular formula is C24H32IN4O6P. The van der Waals surface area contributed by atoms with Crippen LogP contribution in [-0.2, 0) is 37.9 Å². The van der Waals surface area contributed by atoms with Crippen molar-refractivity contribution in [2.75, 3.05) is 30.4 Å². The minimum atomic E-state index is -3.21. The summed E-state index contributed by atoms with van der Waals surface area (Å²) in [5, 5.41) is 2.56. The molecule has 0 saturated heterocycles. The Morgan fingerprint density at radius 3 is 2.36 bits per heavy atom. The summed E-state index contributed by atoms with van der Waals surface area (Å²) in [6.45, 7) is 3.83. The van der Waals surface area contributed by atoms with Crippen molar-refractivity contribution < 1.29 is 18.4 Å². The molecule has 0 unspecified atom stereocenters. The molecule has 0 spiro atoms. The van der Waals surface area contributed by atoms with Gasteiger partial charge in [0.15, 0.2) is 0 Å². The minimum Gasteiger partial charge on any atom is -0.383 e. The van der Waals surface area contributed by atoms with E-state index in [9.17, 15) is 18.9 Å². The van der Waals surface area contributed by atoms with E-state index in [0.717, 1.165) is 13.7 Å². The number of hydrogen-bond donors (Lipinski definition) is 2. The van der Waals surface area contributed by atoms with E-state index < -0.39 is 24.8 Å². The van der Waals surface area contributed by atoms with Crippen LogP contribution in [0.1, 0.15) is 38.7 Å². The second-order valence-corrected chi connectivity index (χ2v) is 11.3. The first-order valence-electron chi connectivity index (χ1n) is 11.6. The number of benzene rings is 1. The Morgan fingerprint density at radius 1 is 1.14 bits per heavy atom. The van der Waals surface area contributed by atoms with Crippen LogP contribution in [0.5, 0.6) is 0 Å². The molecule has 0 aliphatic heterocycles. The van der Waals surface area contributed by atoms with E-state index in [1.807, 2.05) is 24.3 Å². The van der Waals surface area contributed by atoms with E-state index >= 15 is 0 Å². The minimum absolute atomic E-state index is 0.123. The second kappa shape index (κ2) is 14.4. The molecule has 1 aromatic heterocycles. The number of terminal acetylenes is 1. The average molecular weight is 630 g/mol. The van der Waals surface area contributed by atoms with Crippen LogP contribution in [0.25, 0.3) is 0 Å². The molecule has 10 nitrogen and oxygen atoms in total. The number of hydrogen-bond acceptors (Lipinski definition) is 7. The molecular weight excluding hydrogens is 598 g/mol. The molecule has 1 amide bonds. The number of carbonyl (C=O) groups excluding carboxylic acids is 1. The van der Waals surface area contributed by atoms with Crippen LogP contribution in [0, 0.1) is 15.9 Å². The summed E-state index contributed by atoms with van der Waals surface area (Å²) in [4.78, 5) is 38.4. The van der Waals surface area contributed by atoms with Crippen molar-refractivity contribution in [3.8, 4) is 12.3 Å². The van der Waals surface area contributed by atoms with Gasteiger partial charge in [-0.1, -0.05) is 18.1 Å². The van der Waals surface area contributed by atoms with Crippen molar-refractivity contribution in [3.63, 3.8) is 0 Å². The van der Waals surface area contributed by atoms with Crippen LogP contribution >= 0.6 is 30.2 Å². The SMILES string of the molecule is C#CCn1c(=O)c(NC(=O)CCc2ccc(I)cc2)c(N)n(CCCCP(=O)(OCC)OCC)c1=O. The first kappa shape index (κ1) is 29.8. The van der Waals surface area contributed by atoms with Gasteiger partial charge in [0.25, 0.3) is 5.56 Å². The van der Waals surface area contributed by atoms with E-state index in [4.69, 9.17) is 21.2 Å². The molecule has 0 saturated carbocycles. The monoisotopic (exact) mass is 630 g/mol. The number of carbonyl (C=O) groups is 1. The first-order chi connectivity index (χ1) is 17.2. The molecule has 3 N–H and O–H groups in total. The Morgan fingerprint density at radius 2 is 1.78 bits per heavy atom. The second-order valence-electron chi connectivity index (χ2n) is 7.84. The Bertz CT molecular complexity index is 1240. The van der Waals surface area contributed by atoms with Gasteiger partial charge in [0.2, 0.25) is 5.91 Å². The first-order valence-corrected chi connectivity index (χ1v) is 14.4. The van der Waals surface area contributed by atoms with Gasteiger partial charge in [-0.05, 0) is 73.4 Å². The normalized spacial score (nSPS) is 11.3. The lowest BCUT2D eigenvalue weighted by atomic mass is 10.1. The smallest absolute Gasteiger partial charge is 0.333 e. The zero-order valence-electron chi connectivity index (χ0n) is 20.5.